The van der Waals surface area contributed by atoms with E-state index >= 15 is 0 Å². The fourth-order valence-electron chi connectivity index (χ4n) is 2.51. The van der Waals surface area contributed by atoms with Gasteiger partial charge in [0.25, 0.3) is 5.91 Å². The summed E-state index contributed by atoms with van der Waals surface area (Å²) in [5.74, 6) is -2.00. The van der Waals surface area contributed by atoms with Gasteiger partial charge in [0.1, 0.15) is 23.2 Å². The molecule has 2 atom stereocenters. The van der Waals surface area contributed by atoms with Crippen LogP contribution >= 0.6 is 11.8 Å². The molecule has 3 N–H and O–H groups in total. The number of aliphatic carboxylic acids is 1. The van der Waals surface area contributed by atoms with Gasteiger partial charge in [-0.15, -0.1) is 11.8 Å². The first-order valence-electron chi connectivity index (χ1n) is 6.52. The molecular weight excluding hydrogens is 310 g/mol. The van der Waals surface area contributed by atoms with Crippen molar-refractivity contribution in [3.05, 3.63) is 11.3 Å². The van der Waals surface area contributed by atoms with Gasteiger partial charge in [-0.2, -0.15) is 5.26 Å². The van der Waals surface area contributed by atoms with Crippen molar-refractivity contribution < 1.29 is 24.2 Å². The van der Waals surface area contributed by atoms with Crippen LogP contribution in [0.1, 0.15) is 19.8 Å². The Hall–Kier alpha value is -2.05. The zero-order valence-electron chi connectivity index (χ0n) is 11.9. The van der Waals surface area contributed by atoms with Gasteiger partial charge in [0, 0.05) is 24.7 Å². The Labute approximate surface area is 130 Å². The summed E-state index contributed by atoms with van der Waals surface area (Å²) in [4.78, 5) is 35.8. The molecule has 2 aliphatic heterocycles. The quantitative estimate of drug-likeness (QED) is 0.524. The number of carboxylic acids is 1. The highest BCUT2D eigenvalue weighted by Gasteiger charge is 2.62. The number of ether oxygens (including phenoxy) is 1. The Bertz CT molecular complexity index is 611. The van der Waals surface area contributed by atoms with Crippen LogP contribution in [0.5, 0.6) is 0 Å². The zero-order valence-corrected chi connectivity index (χ0v) is 12.7. The molecule has 0 saturated carbocycles. The number of carbonyl (C=O) groups excluding carboxylic acids is 2. The molecule has 118 valence electrons. The minimum absolute atomic E-state index is 0.125. The normalized spacial score (nSPS) is 26.9. The Balaban J connectivity index is 2.27. The molecular formula is C13H15N3O5S. The fourth-order valence-corrected chi connectivity index (χ4v) is 3.95. The molecule has 2 rings (SSSR count). The average Bonchev–Trinajstić information content (AvgIpc) is 2.48. The van der Waals surface area contributed by atoms with Crippen molar-refractivity contribution in [2.45, 2.75) is 30.7 Å². The van der Waals surface area contributed by atoms with E-state index in [2.05, 4.69) is 0 Å². The largest absolute Gasteiger partial charge is 0.477 e. The molecule has 0 radical (unpaired) electrons. The van der Waals surface area contributed by atoms with Gasteiger partial charge in [-0.1, -0.05) is 0 Å². The van der Waals surface area contributed by atoms with E-state index in [4.69, 9.17) is 15.7 Å². The number of nitrogens with two attached hydrogens (primary N) is 1. The smallest absolute Gasteiger partial charge is 0.352 e. The second kappa shape index (κ2) is 5.98. The van der Waals surface area contributed by atoms with E-state index in [0.717, 1.165) is 4.90 Å². The highest BCUT2D eigenvalue weighted by Crippen LogP contribution is 2.46. The lowest BCUT2D eigenvalue weighted by Gasteiger charge is -2.55. The predicted molar refractivity (Wildman–Crippen MR) is 76.2 cm³/mol. The number of β-lactam (4-membered cyclic amide) rings is 1. The van der Waals surface area contributed by atoms with Crippen LogP contribution in [0, 0.1) is 11.3 Å². The topological polar surface area (TPSA) is 134 Å². The lowest BCUT2D eigenvalue weighted by molar-refractivity contribution is -0.155. The molecule has 2 heterocycles. The minimum Gasteiger partial charge on any atom is -0.477 e. The van der Waals surface area contributed by atoms with Crippen molar-refractivity contribution in [1.29, 1.82) is 5.26 Å². The van der Waals surface area contributed by atoms with Gasteiger partial charge in [-0.3, -0.25) is 14.5 Å². The van der Waals surface area contributed by atoms with Crippen molar-refractivity contribution >= 4 is 29.6 Å². The monoisotopic (exact) mass is 325 g/mol. The molecule has 0 aromatic carbocycles. The van der Waals surface area contributed by atoms with Crippen molar-refractivity contribution in [2.75, 3.05) is 12.4 Å². The third-order valence-corrected chi connectivity index (χ3v) is 5.05. The van der Waals surface area contributed by atoms with Crippen LogP contribution in [0.2, 0.25) is 0 Å². The van der Waals surface area contributed by atoms with Crippen molar-refractivity contribution in [3.8, 4) is 6.07 Å². The van der Waals surface area contributed by atoms with Gasteiger partial charge in [0.15, 0.2) is 0 Å². The van der Waals surface area contributed by atoms with Crippen molar-refractivity contribution in [2.24, 2.45) is 5.73 Å². The van der Waals surface area contributed by atoms with Gasteiger partial charge in [-0.25, -0.2) is 4.79 Å². The van der Waals surface area contributed by atoms with E-state index < -0.39 is 28.8 Å². The second-order valence-electron chi connectivity index (χ2n) is 5.07. The first-order chi connectivity index (χ1) is 10.3. The summed E-state index contributed by atoms with van der Waals surface area (Å²) in [5.41, 5.74) is 5.03. The van der Waals surface area contributed by atoms with Crippen LogP contribution < -0.4 is 5.73 Å². The summed E-state index contributed by atoms with van der Waals surface area (Å²) in [7, 11) is 0. The molecule has 8 nitrogen and oxygen atoms in total. The highest BCUT2D eigenvalue weighted by atomic mass is 32.2. The van der Waals surface area contributed by atoms with Gasteiger partial charge in [0.05, 0.1) is 6.07 Å². The van der Waals surface area contributed by atoms with Crippen LogP contribution in [-0.4, -0.2) is 51.1 Å². The van der Waals surface area contributed by atoms with Crippen LogP contribution in [0.25, 0.3) is 0 Å². The maximum atomic E-state index is 12.3. The fraction of sp³-hybridized carbons (Fsp3) is 0.538. The van der Waals surface area contributed by atoms with Crippen molar-refractivity contribution in [3.63, 3.8) is 0 Å². The third-order valence-electron chi connectivity index (χ3n) is 3.59. The summed E-state index contributed by atoms with van der Waals surface area (Å²) in [6.07, 6.45) is 0.308. The number of rotatable bonds is 5. The molecule has 1 fully saturated rings. The number of esters is 1. The molecule has 0 aromatic heterocycles. The first-order valence-corrected chi connectivity index (χ1v) is 7.57. The molecule has 0 aromatic rings. The minimum atomic E-state index is -1.26. The Morgan fingerprint density at radius 2 is 2.32 bits per heavy atom. The van der Waals surface area contributed by atoms with E-state index in [9.17, 15) is 19.5 Å². The number of fused-ring (bicyclic) bond motifs is 1. The number of carbonyl (C=O) groups is 3. The molecule has 0 spiro atoms. The van der Waals surface area contributed by atoms with Crippen LogP contribution in [0.15, 0.2) is 11.3 Å². The molecule has 9 heteroatoms. The van der Waals surface area contributed by atoms with Gasteiger partial charge >= 0.3 is 11.9 Å². The zero-order chi connectivity index (χ0) is 16.5. The van der Waals surface area contributed by atoms with E-state index in [1.807, 2.05) is 6.07 Å². The maximum absolute atomic E-state index is 12.3. The number of amides is 1. The van der Waals surface area contributed by atoms with Gasteiger partial charge in [-0.05, 0) is 6.42 Å². The van der Waals surface area contributed by atoms with E-state index in [-0.39, 0.29) is 25.1 Å². The van der Waals surface area contributed by atoms with E-state index in [1.54, 1.807) is 0 Å². The highest BCUT2D eigenvalue weighted by molar-refractivity contribution is 8.00. The average molecular weight is 325 g/mol. The number of thioether (sulfide) groups is 1. The molecule has 2 aliphatic rings. The summed E-state index contributed by atoms with van der Waals surface area (Å²) < 4.78 is 4.84. The predicted octanol–water partition coefficient (Wildman–Crippen LogP) is -0.195. The number of nitrogens with zero attached hydrogens (tertiary/aromatic N) is 2. The summed E-state index contributed by atoms with van der Waals surface area (Å²) in [5, 5.41) is 17.5. The third kappa shape index (κ3) is 2.55. The maximum Gasteiger partial charge on any atom is 0.352 e. The van der Waals surface area contributed by atoms with E-state index in [0.29, 0.717) is 11.3 Å². The SMILES string of the molecule is CC(=O)OCC1=C(C(=O)O)N2C(=O)[C@@](N)(CCC#N)[C@H]2SC1. The number of hydrogen-bond acceptors (Lipinski definition) is 7. The number of hydrogen-bond donors (Lipinski definition) is 2. The molecule has 1 saturated heterocycles. The lowest BCUT2D eigenvalue weighted by Crippen LogP contribution is -2.77. The number of nitriles is 1. The summed E-state index contributed by atoms with van der Waals surface area (Å²) in [6, 6.07) is 1.94. The molecule has 0 bridgehead atoms. The second-order valence-corrected chi connectivity index (χ2v) is 6.14. The van der Waals surface area contributed by atoms with Crippen molar-refractivity contribution in [1.82, 2.24) is 4.90 Å². The lowest BCUT2D eigenvalue weighted by atomic mass is 9.83. The van der Waals surface area contributed by atoms with Crippen LogP contribution in [0.4, 0.5) is 0 Å². The van der Waals surface area contributed by atoms with Gasteiger partial charge in [0.2, 0.25) is 0 Å². The van der Waals surface area contributed by atoms with E-state index in [1.165, 1.54) is 18.7 Å². The Kier molecular flexibility index (Phi) is 4.44. The summed E-state index contributed by atoms with van der Waals surface area (Å²) >= 11 is 1.31. The Morgan fingerprint density at radius 1 is 1.64 bits per heavy atom. The first kappa shape index (κ1) is 16.3. The molecule has 0 unspecified atom stereocenters. The summed E-state index contributed by atoms with van der Waals surface area (Å²) in [6.45, 7) is 1.05. The Morgan fingerprint density at radius 3 is 2.86 bits per heavy atom. The van der Waals surface area contributed by atoms with Gasteiger partial charge < -0.3 is 15.6 Å². The molecule has 0 aliphatic carbocycles. The van der Waals surface area contributed by atoms with Crippen LogP contribution in [0.3, 0.4) is 0 Å². The standard InChI is InChI=1S/C13H15N3O5S/c1-7(17)21-5-8-6-22-12-13(15,3-2-4-14)11(20)16(12)9(8)10(18)19/h12H,2-3,5-6,15H2,1H3,(H,18,19)/t12-,13+/m1/s1. The molecule has 1 amide bonds. The number of carboxylic acid groups (broad SMARTS) is 1. The molecule has 22 heavy (non-hydrogen) atoms. The van der Waals surface area contributed by atoms with Crippen LogP contribution in [-0.2, 0) is 19.1 Å².